The zero-order chi connectivity index (χ0) is 14.6. The average molecular weight is 298 g/mol. The Labute approximate surface area is 120 Å². The fraction of sp³-hybridized carbons (Fsp3) is 0. The van der Waals surface area contributed by atoms with Crippen molar-refractivity contribution in [3.8, 4) is 0 Å². The zero-order valence-corrected chi connectivity index (χ0v) is 11.6. The Kier molecular flexibility index (Phi) is 2.40. The molecule has 1 N–H and O–H groups in total. The molecular formula is C16H10O4S. The molecule has 0 saturated carbocycles. The van der Waals surface area contributed by atoms with Crippen LogP contribution in [0, 0.1) is 0 Å². The van der Waals surface area contributed by atoms with Crippen LogP contribution in [0.25, 0.3) is 32.5 Å². The lowest BCUT2D eigenvalue weighted by Crippen LogP contribution is -1.94. The van der Waals surface area contributed by atoms with Crippen molar-refractivity contribution in [1.29, 1.82) is 0 Å². The molecule has 0 bridgehead atoms. The zero-order valence-electron chi connectivity index (χ0n) is 10.8. The molecule has 0 fully saturated rings. The molecule has 0 amide bonds. The van der Waals surface area contributed by atoms with E-state index in [1.54, 1.807) is 6.07 Å². The lowest BCUT2D eigenvalue weighted by Gasteiger charge is -2.03. The molecule has 5 heteroatoms. The summed E-state index contributed by atoms with van der Waals surface area (Å²) < 4.78 is 36.9. The molecule has 1 heterocycles. The lowest BCUT2D eigenvalue weighted by molar-refractivity contribution is 0.425. The monoisotopic (exact) mass is 298 g/mol. The van der Waals surface area contributed by atoms with Gasteiger partial charge >= 0.3 is 10.1 Å². The Balaban J connectivity index is 2.19. The largest absolute Gasteiger partial charge is 0.442 e. The first-order valence-corrected chi connectivity index (χ1v) is 7.79. The smallest absolute Gasteiger partial charge is 0.328 e. The van der Waals surface area contributed by atoms with Crippen molar-refractivity contribution in [2.75, 3.05) is 0 Å². The summed E-state index contributed by atoms with van der Waals surface area (Å²) in [5.74, 6) is 0. The van der Waals surface area contributed by atoms with Crippen LogP contribution in [0.5, 0.6) is 0 Å². The van der Waals surface area contributed by atoms with Crippen molar-refractivity contribution in [2.24, 2.45) is 0 Å². The SMILES string of the molecule is O=S(=O)(O)c1cc2ccc3c4ccccc4ccc3c2o1. The van der Waals surface area contributed by atoms with E-state index in [4.69, 9.17) is 8.97 Å². The average Bonchev–Trinajstić information content (AvgIpc) is 2.91. The molecule has 0 atom stereocenters. The van der Waals surface area contributed by atoms with Gasteiger partial charge in [0, 0.05) is 16.8 Å². The minimum Gasteiger partial charge on any atom is -0.442 e. The van der Waals surface area contributed by atoms with E-state index in [0.717, 1.165) is 21.5 Å². The predicted molar refractivity (Wildman–Crippen MR) is 81.0 cm³/mol. The van der Waals surface area contributed by atoms with Gasteiger partial charge in [-0.1, -0.05) is 42.5 Å². The summed E-state index contributed by atoms with van der Waals surface area (Å²) in [6.07, 6.45) is 0. The highest BCUT2D eigenvalue weighted by molar-refractivity contribution is 7.85. The van der Waals surface area contributed by atoms with Crippen LogP contribution in [0.15, 0.2) is 64.1 Å². The topological polar surface area (TPSA) is 67.5 Å². The summed E-state index contributed by atoms with van der Waals surface area (Å²) in [5.41, 5.74) is 0.464. The van der Waals surface area contributed by atoms with Crippen LogP contribution in [0.3, 0.4) is 0 Å². The Hall–Kier alpha value is -2.37. The van der Waals surface area contributed by atoms with E-state index in [2.05, 4.69) is 0 Å². The maximum absolute atomic E-state index is 11.2. The Bertz CT molecular complexity index is 1110. The van der Waals surface area contributed by atoms with Crippen LogP contribution in [-0.4, -0.2) is 13.0 Å². The number of hydrogen-bond donors (Lipinski definition) is 1. The van der Waals surface area contributed by atoms with Crippen LogP contribution in [0.1, 0.15) is 0 Å². The quantitative estimate of drug-likeness (QED) is 0.426. The lowest BCUT2D eigenvalue weighted by atomic mass is 10.0. The van der Waals surface area contributed by atoms with E-state index in [0.29, 0.717) is 11.0 Å². The Morgan fingerprint density at radius 3 is 2.33 bits per heavy atom. The number of furan rings is 1. The number of benzene rings is 3. The van der Waals surface area contributed by atoms with Gasteiger partial charge in [0.05, 0.1) is 0 Å². The van der Waals surface area contributed by atoms with Gasteiger partial charge in [-0.05, 0) is 22.2 Å². The third kappa shape index (κ3) is 1.82. The molecule has 21 heavy (non-hydrogen) atoms. The maximum Gasteiger partial charge on any atom is 0.328 e. The first kappa shape index (κ1) is 12.4. The minimum atomic E-state index is -4.34. The fourth-order valence-electron chi connectivity index (χ4n) is 2.69. The van der Waals surface area contributed by atoms with E-state index in [-0.39, 0.29) is 0 Å². The highest BCUT2D eigenvalue weighted by Crippen LogP contribution is 2.33. The second kappa shape index (κ2) is 4.07. The Morgan fingerprint density at radius 2 is 1.52 bits per heavy atom. The van der Waals surface area contributed by atoms with Gasteiger partial charge in [0.1, 0.15) is 5.58 Å². The minimum absolute atomic E-state index is 0.432. The molecule has 0 unspecified atom stereocenters. The van der Waals surface area contributed by atoms with Crippen LogP contribution < -0.4 is 0 Å². The second-order valence-corrected chi connectivity index (χ2v) is 6.26. The van der Waals surface area contributed by atoms with E-state index < -0.39 is 15.2 Å². The van der Waals surface area contributed by atoms with Crippen LogP contribution in [0.2, 0.25) is 0 Å². The summed E-state index contributed by atoms with van der Waals surface area (Å²) in [6.45, 7) is 0. The van der Waals surface area contributed by atoms with Crippen LogP contribution in [-0.2, 0) is 10.1 Å². The van der Waals surface area contributed by atoms with Crippen molar-refractivity contribution in [2.45, 2.75) is 5.09 Å². The summed E-state index contributed by atoms with van der Waals surface area (Å²) in [7, 11) is -4.34. The normalized spacial score (nSPS) is 12.4. The van der Waals surface area contributed by atoms with Gasteiger partial charge < -0.3 is 4.42 Å². The molecule has 1 aromatic heterocycles. The van der Waals surface area contributed by atoms with Crippen molar-refractivity contribution < 1.29 is 17.4 Å². The summed E-state index contributed by atoms with van der Waals surface area (Å²) in [4.78, 5) is 0. The third-order valence-corrected chi connectivity index (χ3v) is 4.35. The number of rotatable bonds is 1. The predicted octanol–water partition coefficient (Wildman–Crippen LogP) is 3.99. The molecule has 4 nitrogen and oxygen atoms in total. The molecule has 104 valence electrons. The van der Waals surface area contributed by atoms with Crippen LogP contribution >= 0.6 is 0 Å². The summed E-state index contributed by atoms with van der Waals surface area (Å²) >= 11 is 0. The number of hydrogen-bond acceptors (Lipinski definition) is 3. The van der Waals surface area contributed by atoms with Gasteiger partial charge in [-0.25, -0.2) is 0 Å². The van der Waals surface area contributed by atoms with Gasteiger partial charge in [0.15, 0.2) is 0 Å². The van der Waals surface area contributed by atoms with Crippen molar-refractivity contribution in [3.05, 3.63) is 54.6 Å². The summed E-state index contributed by atoms with van der Waals surface area (Å²) in [5, 5.41) is 4.19. The highest BCUT2D eigenvalue weighted by atomic mass is 32.2. The molecule has 0 spiro atoms. The molecule has 0 aliphatic carbocycles. The molecule has 0 aliphatic rings. The van der Waals surface area contributed by atoms with E-state index in [9.17, 15) is 8.42 Å². The molecule has 0 radical (unpaired) electrons. The molecular weight excluding hydrogens is 288 g/mol. The molecule has 4 rings (SSSR count). The molecule has 4 aromatic rings. The first-order chi connectivity index (χ1) is 10.0. The molecule has 0 aliphatic heterocycles. The van der Waals surface area contributed by atoms with Crippen molar-refractivity contribution in [3.63, 3.8) is 0 Å². The Morgan fingerprint density at radius 1 is 0.810 bits per heavy atom. The van der Waals surface area contributed by atoms with E-state index in [1.165, 1.54) is 6.07 Å². The van der Waals surface area contributed by atoms with Crippen LogP contribution in [0.4, 0.5) is 0 Å². The standard InChI is InChI=1S/C16H10O4S/c17-21(18,19)15-9-11-6-7-13-12-4-2-1-3-10(12)5-8-14(13)16(11)20-15/h1-9H,(H,17,18,19). The maximum atomic E-state index is 11.2. The van der Waals surface area contributed by atoms with E-state index >= 15 is 0 Å². The van der Waals surface area contributed by atoms with Gasteiger partial charge in [0.2, 0.25) is 5.09 Å². The molecule has 0 saturated heterocycles. The van der Waals surface area contributed by atoms with Gasteiger partial charge in [0.25, 0.3) is 0 Å². The van der Waals surface area contributed by atoms with E-state index in [1.807, 2.05) is 42.5 Å². The fourth-order valence-corrected chi connectivity index (χ4v) is 3.15. The first-order valence-electron chi connectivity index (χ1n) is 6.35. The highest BCUT2D eigenvalue weighted by Gasteiger charge is 2.17. The number of fused-ring (bicyclic) bond motifs is 5. The van der Waals surface area contributed by atoms with Gasteiger partial charge in [-0.3, -0.25) is 4.55 Å². The summed E-state index contributed by atoms with van der Waals surface area (Å²) in [6, 6.07) is 16.9. The third-order valence-electron chi connectivity index (χ3n) is 3.64. The van der Waals surface area contributed by atoms with Gasteiger partial charge in [-0.2, -0.15) is 8.42 Å². The molecule has 3 aromatic carbocycles. The second-order valence-electron chi connectivity index (χ2n) is 4.91. The van der Waals surface area contributed by atoms with Crippen molar-refractivity contribution in [1.82, 2.24) is 0 Å². The van der Waals surface area contributed by atoms with Gasteiger partial charge in [-0.15, -0.1) is 0 Å². The van der Waals surface area contributed by atoms with Crippen molar-refractivity contribution >= 4 is 42.6 Å².